The number of para-hydroxylation sites is 2. The highest BCUT2D eigenvalue weighted by Crippen LogP contribution is 2.16. The number of hydrogen-bond donors (Lipinski definition) is 0. The van der Waals surface area contributed by atoms with E-state index in [-0.39, 0.29) is 25.1 Å². The van der Waals surface area contributed by atoms with Crippen molar-refractivity contribution in [2.24, 2.45) is 0 Å². The van der Waals surface area contributed by atoms with Crippen LogP contribution in [0, 0.1) is 0 Å². The molecular weight excluding hydrogens is 312 g/mol. The maximum absolute atomic E-state index is 12.2. The van der Waals surface area contributed by atoms with Gasteiger partial charge in [0.2, 0.25) is 0 Å². The van der Waals surface area contributed by atoms with Gasteiger partial charge in [0.25, 0.3) is 5.91 Å². The molecule has 1 aromatic heterocycles. The zero-order valence-electron chi connectivity index (χ0n) is 13.6. The van der Waals surface area contributed by atoms with E-state index in [1.54, 1.807) is 29.2 Å². The summed E-state index contributed by atoms with van der Waals surface area (Å²) in [7, 11) is 0. The van der Waals surface area contributed by atoms with Crippen LogP contribution in [0.1, 0.15) is 26.2 Å². The molecule has 0 N–H and O–H groups in total. The lowest BCUT2D eigenvalue weighted by Gasteiger charge is -2.33. The molecule has 7 nitrogen and oxygen atoms in total. The summed E-state index contributed by atoms with van der Waals surface area (Å²) in [6.07, 6.45) is 3.05. The van der Waals surface area contributed by atoms with E-state index in [0.29, 0.717) is 17.6 Å². The van der Waals surface area contributed by atoms with E-state index in [9.17, 15) is 14.4 Å². The number of aromatic nitrogens is 1. The quantitative estimate of drug-likeness (QED) is 0.793. The van der Waals surface area contributed by atoms with Gasteiger partial charge in [-0.3, -0.25) is 14.2 Å². The predicted octanol–water partition coefficient (Wildman–Crippen LogP) is 1.54. The highest BCUT2D eigenvalue weighted by atomic mass is 16.5. The number of hydrogen-bond acceptors (Lipinski definition) is 5. The first-order chi connectivity index (χ1) is 11.6. The number of oxazole rings is 1. The van der Waals surface area contributed by atoms with Crippen LogP contribution < -0.4 is 5.76 Å². The fraction of sp³-hybridized carbons (Fsp3) is 0.471. The molecule has 3 rings (SSSR count). The van der Waals surface area contributed by atoms with Gasteiger partial charge in [0.1, 0.15) is 6.54 Å². The van der Waals surface area contributed by atoms with Gasteiger partial charge in [0.15, 0.2) is 12.2 Å². The lowest BCUT2D eigenvalue weighted by molar-refractivity contribution is -0.153. The van der Waals surface area contributed by atoms with Crippen LogP contribution in [0.25, 0.3) is 11.1 Å². The fourth-order valence-corrected chi connectivity index (χ4v) is 3.03. The smallest absolute Gasteiger partial charge is 0.420 e. The van der Waals surface area contributed by atoms with Crippen LogP contribution in [0.15, 0.2) is 33.5 Å². The summed E-state index contributed by atoms with van der Waals surface area (Å²) in [5.74, 6) is -1.45. The summed E-state index contributed by atoms with van der Waals surface area (Å²) in [4.78, 5) is 37.7. The number of carbonyl (C=O) groups is 2. The molecule has 1 aliphatic rings. The lowest BCUT2D eigenvalue weighted by Crippen LogP contribution is -2.44. The van der Waals surface area contributed by atoms with E-state index < -0.39 is 11.7 Å². The Morgan fingerprint density at radius 1 is 1.29 bits per heavy atom. The Bertz CT molecular complexity index is 807. The first-order valence-electron chi connectivity index (χ1n) is 8.09. The highest BCUT2D eigenvalue weighted by Gasteiger charge is 2.24. The monoisotopic (exact) mass is 332 g/mol. The van der Waals surface area contributed by atoms with E-state index >= 15 is 0 Å². The second-order valence-electron chi connectivity index (χ2n) is 6.01. The summed E-state index contributed by atoms with van der Waals surface area (Å²) in [5, 5.41) is 0. The zero-order valence-corrected chi connectivity index (χ0v) is 13.6. The van der Waals surface area contributed by atoms with E-state index in [4.69, 9.17) is 9.15 Å². The van der Waals surface area contributed by atoms with Crippen LogP contribution >= 0.6 is 0 Å². The number of nitrogens with zero attached hydrogens (tertiary/aromatic N) is 2. The van der Waals surface area contributed by atoms with Crippen molar-refractivity contribution in [3.05, 3.63) is 34.8 Å². The molecular formula is C17H20N2O5. The van der Waals surface area contributed by atoms with Crippen molar-refractivity contribution in [2.75, 3.05) is 13.2 Å². The number of carbonyl (C=O) groups excluding carboxylic acids is 2. The molecule has 1 atom stereocenters. The molecule has 24 heavy (non-hydrogen) atoms. The Morgan fingerprint density at radius 3 is 2.88 bits per heavy atom. The Hall–Kier alpha value is -2.57. The summed E-state index contributed by atoms with van der Waals surface area (Å²) in [6.45, 7) is 2.12. The van der Waals surface area contributed by atoms with Crippen LogP contribution in [0.4, 0.5) is 0 Å². The van der Waals surface area contributed by atoms with E-state index in [1.807, 2.05) is 6.92 Å². The Kier molecular flexibility index (Phi) is 4.69. The molecule has 0 unspecified atom stereocenters. The van der Waals surface area contributed by atoms with Crippen molar-refractivity contribution in [1.82, 2.24) is 9.47 Å². The number of ether oxygens (including phenoxy) is 1. The van der Waals surface area contributed by atoms with Gasteiger partial charge in [-0.15, -0.1) is 0 Å². The predicted molar refractivity (Wildman–Crippen MR) is 86.5 cm³/mol. The number of likely N-dealkylation sites (tertiary alicyclic amines) is 1. The molecule has 1 aromatic carbocycles. The number of benzene rings is 1. The molecule has 7 heteroatoms. The van der Waals surface area contributed by atoms with E-state index in [0.717, 1.165) is 19.3 Å². The summed E-state index contributed by atoms with van der Waals surface area (Å²) < 4.78 is 11.3. The topological polar surface area (TPSA) is 81.8 Å². The minimum Gasteiger partial charge on any atom is -0.454 e. The van der Waals surface area contributed by atoms with Gasteiger partial charge in [-0.05, 0) is 38.3 Å². The summed E-state index contributed by atoms with van der Waals surface area (Å²) >= 11 is 0. The third-order valence-electron chi connectivity index (χ3n) is 4.34. The number of rotatable bonds is 4. The Morgan fingerprint density at radius 2 is 2.08 bits per heavy atom. The molecule has 1 amide bonds. The number of amides is 1. The maximum atomic E-state index is 12.2. The Balaban J connectivity index is 1.60. The van der Waals surface area contributed by atoms with E-state index in [1.165, 1.54) is 4.57 Å². The summed E-state index contributed by atoms with van der Waals surface area (Å²) in [6, 6.07) is 7.01. The Labute approximate surface area is 138 Å². The maximum Gasteiger partial charge on any atom is 0.420 e. The molecule has 0 radical (unpaired) electrons. The number of esters is 1. The molecule has 0 saturated carbocycles. The molecule has 0 aliphatic carbocycles. The van der Waals surface area contributed by atoms with Crippen molar-refractivity contribution in [1.29, 1.82) is 0 Å². The minimum absolute atomic E-state index is 0.172. The molecule has 0 bridgehead atoms. The average Bonchev–Trinajstić information content (AvgIpc) is 2.89. The SMILES string of the molecule is C[C@H]1CCCCN1C(=O)COC(=O)Cn1c(=O)oc2ccccc21. The standard InChI is InChI=1S/C17H20N2O5/c1-12-6-4-5-9-18(12)15(20)11-23-16(21)10-19-13-7-2-3-8-14(13)24-17(19)22/h2-3,7-8,12H,4-6,9-11H2,1H3/t12-/m0/s1. The molecule has 1 fully saturated rings. The van der Waals surface area contributed by atoms with E-state index in [2.05, 4.69) is 0 Å². The van der Waals surface area contributed by atoms with Crippen LogP contribution in [-0.4, -0.2) is 40.5 Å². The molecule has 1 saturated heterocycles. The van der Waals surface area contributed by atoms with Gasteiger partial charge in [-0.25, -0.2) is 4.79 Å². The highest BCUT2D eigenvalue weighted by molar-refractivity contribution is 5.81. The number of fused-ring (bicyclic) bond motifs is 1. The van der Waals surface area contributed by atoms with Crippen LogP contribution in [0.2, 0.25) is 0 Å². The molecule has 128 valence electrons. The fourth-order valence-electron chi connectivity index (χ4n) is 3.03. The van der Waals surface area contributed by atoms with Gasteiger partial charge in [-0.2, -0.15) is 0 Å². The van der Waals surface area contributed by atoms with Gasteiger partial charge < -0.3 is 14.1 Å². The third-order valence-corrected chi connectivity index (χ3v) is 4.34. The van der Waals surface area contributed by atoms with Crippen molar-refractivity contribution in [3.8, 4) is 0 Å². The minimum atomic E-state index is -0.637. The first kappa shape index (κ1) is 16.3. The largest absolute Gasteiger partial charge is 0.454 e. The zero-order chi connectivity index (χ0) is 17.1. The lowest BCUT2D eigenvalue weighted by atomic mass is 10.0. The van der Waals surface area contributed by atoms with Gasteiger partial charge in [0.05, 0.1) is 5.52 Å². The van der Waals surface area contributed by atoms with Crippen LogP contribution in [0.3, 0.4) is 0 Å². The van der Waals surface area contributed by atoms with Crippen LogP contribution in [0.5, 0.6) is 0 Å². The van der Waals surface area contributed by atoms with Crippen molar-refractivity contribution in [3.63, 3.8) is 0 Å². The normalized spacial score (nSPS) is 17.9. The van der Waals surface area contributed by atoms with Crippen LogP contribution in [-0.2, 0) is 20.9 Å². The number of piperidine rings is 1. The third kappa shape index (κ3) is 3.34. The second kappa shape index (κ2) is 6.90. The summed E-state index contributed by atoms with van der Waals surface area (Å²) in [5.41, 5.74) is 0.934. The van der Waals surface area contributed by atoms with Gasteiger partial charge in [0, 0.05) is 12.6 Å². The molecule has 1 aliphatic heterocycles. The van der Waals surface area contributed by atoms with Crippen molar-refractivity contribution < 1.29 is 18.7 Å². The van der Waals surface area contributed by atoms with Gasteiger partial charge in [-0.1, -0.05) is 12.1 Å². The molecule has 2 heterocycles. The molecule has 0 spiro atoms. The average molecular weight is 332 g/mol. The first-order valence-corrected chi connectivity index (χ1v) is 8.09. The van der Waals surface area contributed by atoms with Crippen molar-refractivity contribution >= 4 is 23.0 Å². The van der Waals surface area contributed by atoms with Crippen molar-refractivity contribution in [2.45, 2.75) is 38.8 Å². The van der Waals surface area contributed by atoms with Gasteiger partial charge >= 0.3 is 11.7 Å². The second-order valence-corrected chi connectivity index (χ2v) is 6.01. The molecule has 2 aromatic rings.